The summed E-state index contributed by atoms with van der Waals surface area (Å²) in [6.07, 6.45) is 0. The monoisotopic (exact) mass is 512 g/mol. The third kappa shape index (κ3) is 4.38. The van der Waals surface area contributed by atoms with Crippen LogP contribution in [0.1, 0.15) is 101 Å². The molecule has 6 heteroatoms. The highest BCUT2D eigenvalue weighted by Gasteiger charge is 2.41. The molecule has 1 heterocycles. The molecule has 1 aliphatic heterocycles. The van der Waals surface area contributed by atoms with Gasteiger partial charge in [0.15, 0.2) is 23.3 Å². The van der Waals surface area contributed by atoms with E-state index >= 15 is 8.78 Å². The van der Waals surface area contributed by atoms with Crippen molar-refractivity contribution in [1.29, 1.82) is 0 Å². The Balaban J connectivity index is 2.12. The minimum atomic E-state index is -1.79. The summed E-state index contributed by atoms with van der Waals surface area (Å²) in [4.78, 5) is 3.28. The molecule has 1 aliphatic rings. The highest BCUT2D eigenvalue weighted by molar-refractivity contribution is 5.91. The highest BCUT2D eigenvalue weighted by atomic mass is 19.2. The Labute approximate surface area is 217 Å². The Hall–Kier alpha value is -3.02. The average molecular weight is 513 g/mol. The molecule has 0 amide bonds. The van der Waals surface area contributed by atoms with Crippen molar-refractivity contribution in [2.75, 3.05) is 16.5 Å². The average Bonchev–Trinajstić information content (AvgIpc) is 3.25. The van der Waals surface area contributed by atoms with Crippen molar-refractivity contribution in [2.45, 2.75) is 79.1 Å². The zero-order chi connectivity index (χ0) is 27.3. The van der Waals surface area contributed by atoms with Crippen molar-refractivity contribution in [3.05, 3.63) is 81.9 Å². The molecule has 0 fully saturated rings. The minimum absolute atomic E-state index is 0.0268. The summed E-state index contributed by atoms with van der Waals surface area (Å²) in [7, 11) is 0. The lowest BCUT2D eigenvalue weighted by Crippen LogP contribution is -2.28. The first kappa shape index (κ1) is 27.0. The van der Waals surface area contributed by atoms with Crippen LogP contribution < -0.4 is 9.80 Å². The summed E-state index contributed by atoms with van der Waals surface area (Å²) in [5.41, 5.74) is 4.64. The van der Waals surface area contributed by atoms with Gasteiger partial charge in [-0.05, 0) is 45.9 Å². The van der Waals surface area contributed by atoms with Gasteiger partial charge in [-0.2, -0.15) is 0 Å². The van der Waals surface area contributed by atoms with E-state index in [1.54, 1.807) is 9.80 Å². The quantitative estimate of drug-likeness (QED) is 0.184. The van der Waals surface area contributed by atoms with E-state index in [1.807, 2.05) is 91.8 Å². The summed E-state index contributed by atoms with van der Waals surface area (Å²) in [5.74, 6) is -6.07. The standard InChI is InChI=1S/C31H36F4N2/c1-16(2)20-11-9-12-21(17(3)4)28(20)36-15-37(31-27(35)25(33)24(32)26(34)30(31)36)29-22(18(5)6)13-10-14-23(29)19(7)8/h9-14,16-19H,15H2,1-8H3. The van der Waals surface area contributed by atoms with Gasteiger partial charge < -0.3 is 9.80 Å². The molecule has 2 nitrogen and oxygen atoms in total. The van der Waals surface area contributed by atoms with Crippen molar-refractivity contribution in [1.82, 2.24) is 0 Å². The first-order valence-electron chi connectivity index (χ1n) is 13.0. The van der Waals surface area contributed by atoms with E-state index in [0.29, 0.717) is 11.4 Å². The molecule has 0 saturated carbocycles. The van der Waals surface area contributed by atoms with E-state index in [9.17, 15) is 8.78 Å². The molecular formula is C31H36F4N2. The van der Waals surface area contributed by atoms with Crippen LogP contribution in [0.25, 0.3) is 0 Å². The molecule has 0 atom stereocenters. The second kappa shape index (κ2) is 10.0. The van der Waals surface area contributed by atoms with Crippen LogP contribution in [-0.2, 0) is 0 Å². The fourth-order valence-electron chi connectivity index (χ4n) is 5.40. The van der Waals surface area contributed by atoms with Gasteiger partial charge in [0.1, 0.15) is 18.0 Å². The van der Waals surface area contributed by atoms with Gasteiger partial charge >= 0.3 is 0 Å². The second-order valence-electron chi connectivity index (χ2n) is 11.1. The molecule has 0 aromatic heterocycles. The number of rotatable bonds is 6. The van der Waals surface area contributed by atoms with Gasteiger partial charge in [-0.1, -0.05) is 91.8 Å². The van der Waals surface area contributed by atoms with Gasteiger partial charge in [-0.15, -0.1) is 0 Å². The SMILES string of the molecule is CC(C)c1cccc(C(C)C)c1N1CN(c2c(C(C)C)cccc2C(C)C)c2c(F)c(F)c(F)c(F)c21. The lowest BCUT2D eigenvalue weighted by atomic mass is 9.91. The van der Waals surface area contributed by atoms with E-state index in [2.05, 4.69) is 0 Å². The lowest BCUT2D eigenvalue weighted by molar-refractivity contribution is 0.412. The summed E-state index contributed by atoms with van der Waals surface area (Å²) in [5, 5.41) is 0. The van der Waals surface area contributed by atoms with Crippen LogP contribution in [-0.4, -0.2) is 6.67 Å². The third-order valence-corrected chi connectivity index (χ3v) is 7.27. The summed E-state index contributed by atoms with van der Waals surface area (Å²) in [6, 6.07) is 11.8. The van der Waals surface area contributed by atoms with Gasteiger partial charge in [-0.25, -0.2) is 17.6 Å². The van der Waals surface area contributed by atoms with Gasteiger partial charge in [0.2, 0.25) is 0 Å². The normalized spacial score (nSPS) is 13.6. The highest BCUT2D eigenvalue weighted by Crippen LogP contribution is 2.53. The number of benzene rings is 3. The maximum absolute atomic E-state index is 15.7. The summed E-state index contributed by atoms with van der Waals surface area (Å²) >= 11 is 0. The van der Waals surface area contributed by atoms with Crippen LogP contribution in [0.2, 0.25) is 0 Å². The van der Waals surface area contributed by atoms with Crippen LogP contribution in [0, 0.1) is 23.3 Å². The first-order chi connectivity index (χ1) is 17.4. The smallest absolute Gasteiger partial charge is 0.199 e. The van der Waals surface area contributed by atoms with E-state index < -0.39 is 23.3 Å². The van der Waals surface area contributed by atoms with Crippen molar-refractivity contribution >= 4 is 22.7 Å². The Kier molecular flexibility index (Phi) is 7.33. The Bertz CT molecular complexity index is 1170. The number of halogens is 4. The number of para-hydroxylation sites is 2. The van der Waals surface area contributed by atoms with Crippen molar-refractivity contribution in [2.24, 2.45) is 0 Å². The maximum Gasteiger partial charge on any atom is 0.199 e. The third-order valence-electron chi connectivity index (χ3n) is 7.27. The zero-order valence-corrected chi connectivity index (χ0v) is 22.9. The number of anilines is 4. The number of fused-ring (bicyclic) bond motifs is 1. The molecule has 0 radical (unpaired) electrons. The van der Waals surface area contributed by atoms with Crippen LogP contribution in [0.15, 0.2) is 36.4 Å². The molecule has 198 valence electrons. The fraction of sp³-hybridized carbons (Fsp3) is 0.419. The Morgan fingerprint density at radius 1 is 0.459 bits per heavy atom. The van der Waals surface area contributed by atoms with Crippen molar-refractivity contribution in [3.63, 3.8) is 0 Å². The molecule has 0 unspecified atom stereocenters. The van der Waals surface area contributed by atoms with E-state index in [0.717, 1.165) is 22.3 Å². The predicted octanol–water partition coefficient (Wildman–Crippen LogP) is 9.98. The number of hydrogen-bond donors (Lipinski definition) is 0. The van der Waals surface area contributed by atoms with Crippen LogP contribution in [0.4, 0.5) is 40.3 Å². The van der Waals surface area contributed by atoms with E-state index in [4.69, 9.17) is 0 Å². The van der Waals surface area contributed by atoms with Crippen LogP contribution >= 0.6 is 0 Å². The molecular weight excluding hydrogens is 476 g/mol. The topological polar surface area (TPSA) is 6.48 Å². The van der Waals surface area contributed by atoms with Gasteiger partial charge in [0.05, 0.1) is 0 Å². The molecule has 37 heavy (non-hydrogen) atoms. The van der Waals surface area contributed by atoms with Crippen molar-refractivity contribution < 1.29 is 17.6 Å². The minimum Gasteiger partial charge on any atom is -0.318 e. The molecule has 0 saturated heterocycles. The second-order valence-corrected chi connectivity index (χ2v) is 11.1. The largest absolute Gasteiger partial charge is 0.318 e. The molecule has 3 aromatic carbocycles. The molecule has 0 N–H and O–H groups in total. The van der Waals surface area contributed by atoms with Gasteiger partial charge in [0, 0.05) is 11.4 Å². The van der Waals surface area contributed by atoms with Crippen LogP contribution in [0.5, 0.6) is 0 Å². The fourth-order valence-corrected chi connectivity index (χ4v) is 5.40. The first-order valence-corrected chi connectivity index (χ1v) is 13.0. The Morgan fingerprint density at radius 3 is 0.973 bits per heavy atom. The van der Waals surface area contributed by atoms with Crippen LogP contribution in [0.3, 0.4) is 0 Å². The number of nitrogens with zero attached hydrogens (tertiary/aromatic N) is 2. The maximum atomic E-state index is 15.7. The molecule has 4 rings (SSSR count). The van der Waals surface area contributed by atoms with Gasteiger partial charge in [0.25, 0.3) is 0 Å². The zero-order valence-electron chi connectivity index (χ0n) is 22.9. The summed E-state index contributed by atoms with van der Waals surface area (Å²) < 4.78 is 60.9. The predicted molar refractivity (Wildman–Crippen MR) is 145 cm³/mol. The molecule has 0 bridgehead atoms. The van der Waals surface area contributed by atoms with Crippen molar-refractivity contribution in [3.8, 4) is 0 Å². The number of hydrogen-bond acceptors (Lipinski definition) is 2. The van der Waals surface area contributed by atoms with E-state index in [1.165, 1.54) is 0 Å². The van der Waals surface area contributed by atoms with Gasteiger partial charge in [-0.3, -0.25) is 0 Å². The molecule has 0 spiro atoms. The van der Waals surface area contributed by atoms with E-state index in [-0.39, 0.29) is 41.7 Å². The Morgan fingerprint density at radius 2 is 0.730 bits per heavy atom. The lowest BCUT2D eigenvalue weighted by Gasteiger charge is -2.31. The molecule has 3 aromatic rings. The molecule has 0 aliphatic carbocycles. The summed E-state index contributed by atoms with van der Waals surface area (Å²) in [6.45, 7) is 16.3.